The fourth-order valence-corrected chi connectivity index (χ4v) is 1.42. The normalized spacial score (nSPS) is 9.68. The zero-order chi connectivity index (χ0) is 13.8. The molecule has 5 nitrogen and oxygen atoms in total. The third-order valence-corrected chi connectivity index (χ3v) is 2.27. The highest BCUT2D eigenvalue weighted by atomic mass is 19.1. The Bertz CT molecular complexity index is 680. The molecule has 0 saturated heterocycles. The van der Waals surface area contributed by atoms with Crippen molar-refractivity contribution in [3.05, 3.63) is 53.5 Å². The summed E-state index contributed by atoms with van der Waals surface area (Å²) in [5, 5.41) is 17.8. The van der Waals surface area contributed by atoms with Crippen LogP contribution in [0.1, 0.15) is 15.9 Å². The van der Waals surface area contributed by atoms with E-state index in [1.807, 2.05) is 6.07 Å². The molecule has 0 bridgehead atoms. The highest BCUT2D eigenvalue weighted by Crippen LogP contribution is 2.27. The number of aromatic carboxylic acids is 1. The van der Waals surface area contributed by atoms with Gasteiger partial charge in [-0.1, -0.05) is 0 Å². The highest BCUT2D eigenvalue weighted by Gasteiger charge is 2.15. The Hall–Kier alpha value is -2.94. The molecule has 2 rings (SSSR count). The Morgan fingerprint density at radius 2 is 2.21 bits per heavy atom. The number of nitrogens with zero attached hydrogens (tertiary/aromatic N) is 2. The fourth-order valence-electron chi connectivity index (χ4n) is 1.42. The van der Waals surface area contributed by atoms with Crippen molar-refractivity contribution in [2.45, 2.75) is 0 Å². The minimum atomic E-state index is -1.26. The molecule has 6 heteroatoms. The number of rotatable bonds is 3. The Kier molecular flexibility index (Phi) is 3.39. The van der Waals surface area contributed by atoms with Crippen molar-refractivity contribution in [3.63, 3.8) is 0 Å². The predicted molar refractivity (Wildman–Crippen MR) is 62.4 cm³/mol. The van der Waals surface area contributed by atoms with Crippen molar-refractivity contribution in [2.75, 3.05) is 0 Å². The molecule has 0 saturated carbocycles. The van der Waals surface area contributed by atoms with Crippen LogP contribution in [0, 0.1) is 17.1 Å². The van der Waals surface area contributed by atoms with Crippen molar-refractivity contribution >= 4 is 5.97 Å². The van der Waals surface area contributed by atoms with Crippen LogP contribution >= 0.6 is 0 Å². The number of hydrogen-bond donors (Lipinski definition) is 1. The topological polar surface area (TPSA) is 83.2 Å². The molecule has 0 radical (unpaired) electrons. The number of aromatic nitrogens is 1. The maximum atomic E-state index is 13.1. The van der Waals surface area contributed by atoms with Gasteiger partial charge in [-0.3, -0.25) is 0 Å². The quantitative estimate of drug-likeness (QED) is 0.914. The number of hydrogen-bond acceptors (Lipinski definition) is 4. The van der Waals surface area contributed by atoms with Crippen molar-refractivity contribution < 1.29 is 19.0 Å². The average molecular weight is 258 g/mol. The highest BCUT2D eigenvalue weighted by molar-refractivity contribution is 5.90. The van der Waals surface area contributed by atoms with Crippen molar-refractivity contribution in [1.29, 1.82) is 5.26 Å². The molecule has 0 aliphatic heterocycles. The molecule has 2 aromatic rings. The predicted octanol–water partition coefficient (Wildman–Crippen LogP) is 2.58. The molecule has 0 aliphatic carbocycles. The lowest BCUT2D eigenvalue weighted by Crippen LogP contribution is -2.02. The standard InChI is InChI=1S/C13H7FN2O3/c14-9-3-4-10(13(17)18)11(6-9)19-12-8(7-15)2-1-5-16-12/h1-6H,(H,17,18). The summed E-state index contributed by atoms with van der Waals surface area (Å²) >= 11 is 0. The van der Waals surface area contributed by atoms with Crippen LogP contribution in [-0.4, -0.2) is 16.1 Å². The van der Waals surface area contributed by atoms with Gasteiger partial charge in [0, 0.05) is 12.3 Å². The number of nitriles is 1. The maximum absolute atomic E-state index is 13.1. The molecule has 94 valence electrons. The average Bonchev–Trinajstić information content (AvgIpc) is 2.39. The third-order valence-electron chi connectivity index (χ3n) is 2.27. The summed E-state index contributed by atoms with van der Waals surface area (Å²) in [4.78, 5) is 14.8. The van der Waals surface area contributed by atoms with E-state index in [1.54, 1.807) is 0 Å². The first kappa shape index (κ1) is 12.5. The second-order valence-electron chi connectivity index (χ2n) is 3.52. The van der Waals surface area contributed by atoms with E-state index in [4.69, 9.17) is 15.1 Å². The zero-order valence-electron chi connectivity index (χ0n) is 9.50. The zero-order valence-corrected chi connectivity index (χ0v) is 9.50. The van der Waals surface area contributed by atoms with E-state index in [0.29, 0.717) is 0 Å². The summed E-state index contributed by atoms with van der Waals surface area (Å²) in [6, 6.07) is 7.88. The monoisotopic (exact) mass is 258 g/mol. The molecule has 0 unspecified atom stereocenters. The number of pyridine rings is 1. The van der Waals surface area contributed by atoms with Gasteiger partial charge in [-0.05, 0) is 24.3 Å². The van der Waals surface area contributed by atoms with Crippen LogP contribution in [0.15, 0.2) is 36.5 Å². The minimum absolute atomic E-state index is 0.0712. The van der Waals surface area contributed by atoms with Crippen LogP contribution in [0.3, 0.4) is 0 Å². The lowest BCUT2D eigenvalue weighted by Gasteiger charge is -2.08. The Labute approximate surface area is 107 Å². The fraction of sp³-hybridized carbons (Fsp3) is 0. The summed E-state index contributed by atoms with van der Waals surface area (Å²) < 4.78 is 18.4. The second-order valence-corrected chi connectivity index (χ2v) is 3.52. The van der Waals surface area contributed by atoms with Gasteiger partial charge in [0.25, 0.3) is 0 Å². The molecule has 0 aliphatic rings. The SMILES string of the molecule is N#Cc1cccnc1Oc1cc(F)ccc1C(=O)O. The van der Waals surface area contributed by atoms with E-state index in [9.17, 15) is 9.18 Å². The van der Waals surface area contributed by atoms with Crippen LogP contribution in [-0.2, 0) is 0 Å². The van der Waals surface area contributed by atoms with Gasteiger partial charge in [-0.15, -0.1) is 0 Å². The van der Waals surface area contributed by atoms with Gasteiger partial charge in [0.05, 0.1) is 0 Å². The van der Waals surface area contributed by atoms with Gasteiger partial charge >= 0.3 is 5.97 Å². The van der Waals surface area contributed by atoms with E-state index < -0.39 is 11.8 Å². The number of ether oxygens (including phenoxy) is 1. The lowest BCUT2D eigenvalue weighted by molar-refractivity contribution is 0.0694. The van der Waals surface area contributed by atoms with Crippen LogP contribution in [0.5, 0.6) is 11.6 Å². The molecule has 1 N–H and O–H groups in total. The molecular formula is C13H7FN2O3. The van der Waals surface area contributed by atoms with Crippen LogP contribution < -0.4 is 4.74 Å². The molecule has 0 fully saturated rings. The molecule has 19 heavy (non-hydrogen) atoms. The van der Waals surface area contributed by atoms with E-state index in [-0.39, 0.29) is 22.8 Å². The summed E-state index contributed by atoms with van der Waals surface area (Å²) in [5.74, 6) is -2.18. The first-order valence-electron chi connectivity index (χ1n) is 5.17. The number of benzene rings is 1. The molecular weight excluding hydrogens is 251 g/mol. The van der Waals surface area contributed by atoms with Gasteiger partial charge in [0.2, 0.25) is 5.88 Å². The Morgan fingerprint density at radius 1 is 1.42 bits per heavy atom. The Morgan fingerprint density at radius 3 is 2.89 bits per heavy atom. The summed E-state index contributed by atoms with van der Waals surface area (Å²) in [7, 11) is 0. The lowest BCUT2D eigenvalue weighted by atomic mass is 10.2. The molecule has 0 amide bonds. The summed E-state index contributed by atoms with van der Waals surface area (Å²) in [6.45, 7) is 0. The van der Waals surface area contributed by atoms with E-state index >= 15 is 0 Å². The Balaban J connectivity index is 2.46. The molecule has 1 heterocycles. The van der Waals surface area contributed by atoms with Gasteiger partial charge < -0.3 is 9.84 Å². The third kappa shape index (κ3) is 2.66. The van der Waals surface area contributed by atoms with Gasteiger partial charge in [0.1, 0.15) is 28.8 Å². The number of carboxylic acids is 1. The van der Waals surface area contributed by atoms with Gasteiger partial charge in [-0.25, -0.2) is 14.2 Å². The van der Waals surface area contributed by atoms with Crippen LogP contribution in [0.2, 0.25) is 0 Å². The first-order chi connectivity index (χ1) is 9.11. The molecule has 0 spiro atoms. The molecule has 0 atom stereocenters. The smallest absolute Gasteiger partial charge is 0.339 e. The first-order valence-corrected chi connectivity index (χ1v) is 5.17. The number of halogens is 1. The van der Waals surface area contributed by atoms with Crippen LogP contribution in [0.25, 0.3) is 0 Å². The number of carbonyl (C=O) groups is 1. The van der Waals surface area contributed by atoms with E-state index in [1.165, 1.54) is 18.3 Å². The van der Waals surface area contributed by atoms with Crippen molar-refractivity contribution in [1.82, 2.24) is 4.98 Å². The molecule has 1 aromatic heterocycles. The van der Waals surface area contributed by atoms with Crippen LogP contribution in [0.4, 0.5) is 4.39 Å². The maximum Gasteiger partial charge on any atom is 0.339 e. The van der Waals surface area contributed by atoms with Crippen molar-refractivity contribution in [3.8, 4) is 17.7 Å². The van der Waals surface area contributed by atoms with E-state index in [0.717, 1.165) is 18.2 Å². The number of carboxylic acid groups (broad SMARTS) is 1. The van der Waals surface area contributed by atoms with Gasteiger partial charge in [0.15, 0.2) is 0 Å². The van der Waals surface area contributed by atoms with E-state index in [2.05, 4.69) is 4.98 Å². The summed E-state index contributed by atoms with van der Waals surface area (Å²) in [5.41, 5.74) is -0.0842. The second kappa shape index (κ2) is 5.14. The largest absolute Gasteiger partial charge is 0.478 e. The van der Waals surface area contributed by atoms with Gasteiger partial charge in [-0.2, -0.15) is 5.26 Å². The van der Waals surface area contributed by atoms with Crippen molar-refractivity contribution in [2.24, 2.45) is 0 Å². The summed E-state index contributed by atoms with van der Waals surface area (Å²) in [6.07, 6.45) is 1.38. The molecule has 1 aromatic carbocycles. The minimum Gasteiger partial charge on any atom is -0.478 e.